The molecule has 0 saturated heterocycles. The van der Waals surface area contributed by atoms with Crippen molar-refractivity contribution in [1.82, 2.24) is 0 Å². The Morgan fingerprint density at radius 1 is 1.45 bits per heavy atom. The van der Waals surface area contributed by atoms with Crippen molar-refractivity contribution >= 4 is 0 Å². The fourth-order valence-electron chi connectivity index (χ4n) is 0.965. The number of nitrogens with two attached hydrogens (primary N) is 2. The predicted octanol–water partition coefficient (Wildman–Crippen LogP) is -1.21. The second-order valence-corrected chi connectivity index (χ2v) is 2.92. The van der Waals surface area contributed by atoms with Crippen molar-refractivity contribution in [3.63, 3.8) is 0 Å². The highest BCUT2D eigenvalue weighted by Crippen LogP contribution is 2.13. The summed E-state index contributed by atoms with van der Waals surface area (Å²) in [7, 11) is 0. The number of aliphatic hydroxyl groups excluding tert-OH is 2. The Hall–Kier alpha value is -0.160. The summed E-state index contributed by atoms with van der Waals surface area (Å²) < 4.78 is 0. The molecular weight excluding hydrogens is 144 g/mol. The van der Waals surface area contributed by atoms with Crippen LogP contribution in [0.5, 0.6) is 0 Å². The maximum Gasteiger partial charge on any atom is 0.0801 e. The van der Waals surface area contributed by atoms with Gasteiger partial charge in [0.1, 0.15) is 0 Å². The molecule has 4 nitrogen and oxygen atoms in total. The molecule has 0 aromatic carbocycles. The Balaban J connectivity index is 4.32. The molecule has 0 amide bonds. The van der Waals surface area contributed by atoms with Crippen LogP contribution < -0.4 is 11.5 Å². The number of hydrogen-bond donors (Lipinski definition) is 4. The van der Waals surface area contributed by atoms with Gasteiger partial charge in [0.05, 0.1) is 17.7 Å². The van der Waals surface area contributed by atoms with Gasteiger partial charge >= 0.3 is 0 Å². The molecule has 6 N–H and O–H groups in total. The molecule has 0 bridgehead atoms. The lowest BCUT2D eigenvalue weighted by Crippen LogP contribution is -2.63. The third-order valence-corrected chi connectivity index (χ3v) is 2.14. The average Bonchev–Trinajstić information content (AvgIpc) is 2.01. The minimum absolute atomic E-state index is 0.0830. The third-order valence-electron chi connectivity index (χ3n) is 2.14. The van der Waals surface area contributed by atoms with E-state index in [0.717, 1.165) is 0 Å². The van der Waals surface area contributed by atoms with Gasteiger partial charge in [-0.05, 0) is 13.3 Å². The van der Waals surface area contributed by atoms with Gasteiger partial charge in [-0.15, -0.1) is 0 Å². The van der Waals surface area contributed by atoms with E-state index < -0.39 is 17.7 Å². The molecule has 0 aliphatic heterocycles. The number of rotatable bonds is 4. The molecule has 0 heterocycles. The van der Waals surface area contributed by atoms with Crippen LogP contribution in [-0.2, 0) is 0 Å². The van der Waals surface area contributed by atoms with E-state index in [4.69, 9.17) is 11.5 Å². The largest absolute Gasteiger partial charge is 0.391 e. The van der Waals surface area contributed by atoms with Crippen LogP contribution in [-0.4, -0.2) is 34.5 Å². The molecule has 0 radical (unpaired) electrons. The monoisotopic (exact) mass is 162 g/mol. The molecule has 68 valence electrons. The van der Waals surface area contributed by atoms with Crippen molar-refractivity contribution in [3.05, 3.63) is 0 Å². The first kappa shape index (κ1) is 10.8. The highest BCUT2D eigenvalue weighted by atomic mass is 16.3. The third kappa shape index (κ3) is 2.13. The van der Waals surface area contributed by atoms with Crippen molar-refractivity contribution < 1.29 is 10.2 Å². The fourth-order valence-corrected chi connectivity index (χ4v) is 0.965. The van der Waals surface area contributed by atoms with E-state index in [-0.39, 0.29) is 6.54 Å². The van der Waals surface area contributed by atoms with E-state index in [0.29, 0.717) is 6.42 Å². The zero-order valence-corrected chi connectivity index (χ0v) is 7.12. The molecule has 3 atom stereocenters. The fraction of sp³-hybridized carbons (Fsp3) is 1.00. The van der Waals surface area contributed by atoms with Crippen LogP contribution in [0.2, 0.25) is 0 Å². The van der Waals surface area contributed by atoms with Gasteiger partial charge in [-0.2, -0.15) is 0 Å². The molecule has 0 fully saturated rings. The van der Waals surface area contributed by atoms with Crippen molar-refractivity contribution in [1.29, 1.82) is 0 Å². The Morgan fingerprint density at radius 2 is 1.91 bits per heavy atom. The van der Waals surface area contributed by atoms with Crippen LogP contribution in [0.15, 0.2) is 0 Å². The first-order chi connectivity index (χ1) is 4.99. The summed E-state index contributed by atoms with van der Waals surface area (Å²) in [6.45, 7) is 3.41. The van der Waals surface area contributed by atoms with Gasteiger partial charge in [-0.3, -0.25) is 0 Å². The van der Waals surface area contributed by atoms with E-state index >= 15 is 0 Å². The zero-order valence-electron chi connectivity index (χ0n) is 7.12. The van der Waals surface area contributed by atoms with Crippen LogP contribution in [0.4, 0.5) is 0 Å². The summed E-state index contributed by atoms with van der Waals surface area (Å²) in [5.74, 6) is 0. The molecule has 0 aromatic rings. The molecule has 0 aliphatic carbocycles. The second-order valence-electron chi connectivity index (χ2n) is 2.92. The molecule has 3 unspecified atom stereocenters. The Kier molecular flexibility index (Phi) is 3.96. The van der Waals surface area contributed by atoms with E-state index in [1.165, 1.54) is 6.92 Å². The minimum Gasteiger partial charge on any atom is -0.391 e. The summed E-state index contributed by atoms with van der Waals surface area (Å²) in [4.78, 5) is 0. The first-order valence-corrected chi connectivity index (χ1v) is 3.84. The number of aliphatic hydroxyl groups is 2. The molecular formula is C7H18N2O2. The van der Waals surface area contributed by atoms with Crippen molar-refractivity contribution in [2.45, 2.75) is 38.0 Å². The zero-order chi connectivity index (χ0) is 9.07. The van der Waals surface area contributed by atoms with E-state index in [2.05, 4.69) is 0 Å². The summed E-state index contributed by atoms with van der Waals surface area (Å²) in [5.41, 5.74) is 9.95. The molecule has 11 heavy (non-hydrogen) atoms. The smallest absolute Gasteiger partial charge is 0.0801 e. The summed E-state index contributed by atoms with van der Waals surface area (Å²) >= 11 is 0. The van der Waals surface area contributed by atoms with Crippen LogP contribution in [0.1, 0.15) is 20.3 Å². The maximum absolute atomic E-state index is 9.38. The molecule has 0 aromatic heterocycles. The molecule has 4 heteroatoms. The topological polar surface area (TPSA) is 92.5 Å². The van der Waals surface area contributed by atoms with E-state index in [9.17, 15) is 10.2 Å². The summed E-state index contributed by atoms with van der Waals surface area (Å²) in [5, 5.41) is 18.6. The summed E-state index contributed by atoms with van der Waals surface area (Å²) in [6.07, 6.45) is -1.03. The highest BCUT2D eigenvalue weighted by molar-refractivity contribution is 4.96. The Morgan fingerprint density at radius 3 is 2.00 bits per heavy atom. The first-order valence-electron chi connectivity index (χ1n) is 3.84. The highest BCUT2D eigenvalue weighted by Gasteiger charge is 2.35. The van der Waals surface area contributed by atoms with Crippen LogP contribution >= 0.6 is 0 Å². The molecule has 0 saturated carbocycles. The second kappa shape index (κ2) is 4.01. The lowest BCUT2D eigenvalue weighted by atomic mass is 9.87. The van der Waals surface area contributed by atoms with Gasteiger partial charge < -0.3 is 21.7 Å². The van der Waals surface area contributed by atoms with E-state index in [1.807, 2.05) is 0 Å². The van der Waals surface area contributed by atoms with Gasteiger partial charge in [-0.25, -0.2) is 0 Å². The molecule has 0 aliphatic rings. The minimum atomic E-state index is -1.06. The van der Waals surface area contributed by atoms with E-state index in [1.54, 1.807) is 6.92 Å². The SMILES string of the molecule is CCC(O)C(N)(CN)C(C)O. The van der Waals surface area contributed by atoms with Crippen LogP contribution in [0.3, 0.4) is 0 Å². The van der Waals surface area contributed by atoms with Crippen molar-refractivity contribution in [3.8, 4) is 0 Å². The summed E-state index contributed by atoms with van der Waals surface area (Å²) in [6, 6.07) is 0. The molecule has 0 spiro atoms. The van der Waals surface area contributed by atoms with Crippen LogP contribution in [0, 0.1) is 0 Å². The Bertz CT molecular complexity index is 119. The van der Waals surface area contributed by atoms with Gasteiger partial charge in [-0.1, -0.05) is 6.92 Å². The van der Waals surface area contributed by atoms with Gasteiger partial charge in [0, 0.05) is 6.54 Å². The standard InChI is InChI=1S/C7H18N2O2/c1-3-6(11)7(9,4-8)5(2)10/h5-6,10-11H,3-4,8-9H2,1-2H3. The maximum atomic E-state index is 9.38. The van der Waals surface area contributed by atoms with Crippen molar-refractivity contribution in [2.24, 2.45) is 11.5 Å². The van der Waals surface area contributed by atoms with Gasteiger partial charge in [0.2, 0.25) is 0 Å². The quantitative estimate of drug-likeness (QED) is 0.417. The lowest BCUT2D eigenvalue weighted by Gasteiger charge is -2.35. The van der Waals surface area contributed by atoms with Gasteiger partial charge in [0.25, 0.3) is 0 Å². The predicted molar refractivity (Wildman–Crippen MR) is 44.0 cm³/mol. The normalized spacial score (nSPS) is 22.4. The molecule has 0 rings (SSSR count). The Labute approximate surface area is 67.2 Å². The van der Waals surface area contributed by atoms with Crippen molar-refractivity contribution in [2.75, 3.05) is 6.54 Å². The lowest BCUT2D eigenvalue weighted by molar-refractivity contribution is 0.00144. The van der Waals surface area contributed by atoms with Gasteiger partial charge in [0.15, 0.2) is 0 Å². The number of hydrogen-bond acceptors (Lipinski definition) is 4. The average molecular weight is 162 g/mol. The van der Waals surface area contributed by atoms with Crippen LogP contribution in [0.25, 0.3) is 0 Å².